The Bertz CT molecular complexity index is 166. The molecule has 0 rings (SSSR count). The highest BCUT2D eigenvalue weighted by Crippen LogP contribution is 2.04. The first-order chi connectivity index (χ1) is 5.22. The topological polar surface area (TPSA) is 17.1 Å². The lowest BCUT2D eigenvalue weighted by Gasteiger charge is -1.96. The summed E-state index contributed by atoms with van der Waals surface area (Å²) in [4.78, 5) is 10.9. The molecule has 0 aromatic rings. The maximum absolute atomic E-state index is 10.9. The van der Waals surface area contributed by atoms with Gasteiger partial charge in [-0.3, -0.25) is 4.79 Å². The van der Waals surface area contributed by atoms with Crippen molar-refractivity contribution in [1.82, 2.24) is 0 Å². The molecule has 1 nitrogen and oxygen atoms in total. The lowest BCUT2D eigenvalue weighted by atomic mass is 10.1. The summed E-state index contributed by atoms with van der Waals surface area (Å²) in [6.07, 6.45) is 6.60. The van der Waals surface area contributed by atoms with Gasteiger partial charge in [-0.2, -0.15) is 0 Å². The summed E-state index contributed by atoms with van der Waals surface area (Å²) in [5.74, 6) is 0.191. The minimum absolute atomic E-state index is 0.191. The predicted molar refractivity (Wildman–Crippen MR) is 48.5 cm³/mol. The van der Waals surface area contributed by atoms with Crippen LogP contribution in [0.2, 0.25) is 0 Å². The number of hydrogen-bond acceptors (Lipinski definition) is 1. The summed E-state index contributed by atoms with van der Waals surface area (Å²) >= 11 is 0. The smallest absolute Gasteiger partial charge is 0.155 e. The van der Waals surface area contributed by atoms with E-state index in [9.17, 15) is 4.79 Å². The molecule has 1 heteroatoms. The minimum Gasteiger partial charge on any atom is -0.295 e. The fourth-order valence-corrected chi connectivity index (χ4v) is 0.912. The van der Waals surface area contributed by atoms with Crippen molar-refractivity contribution in [3.8, 4) is 0 Å². The van der Waals surface area contributed by atoms with E-state index in [1.807, 2.05) is 19.1 Å². The highest BCUT2D eigenvalue weighted by Gasteiger charge is 1.97. The van der Waals surface area contributed by atoms with Crippen LogP contribution >= 0.6 is 0 Å². The average molecular weight is 152 g/mol. The summed E-state index contributed by atoms with van der Waals surface area (Å²) in [7, 11) is 0. The molecule has 0 atom stereocenters. The number of ketones is 1. The van der Waals surface area contributed by atoms with Crippen LogP contribution in [0.1, 0.15) is 33.1 Å². The highest BCUT2D eigenvalue weighted by molar-refractivity contribution is 5.93. The largest absolute Gasteiger partial charge is 0.295 e. The number of hydrogen-bond donors (Lipinski definition) is 0. The molecule has 0 spiro atoms. The first-order valence-corrected chi connectivity index (χ1v) is 4.03. The van der Waals surface area contributed by atoms with Gasteiger partial charge >= 0.3 is 0 Å². The van der Waals surface area contributed by atoms with Crippen LogP contribution in [0.25, 0.3) is 0 Å². The molecule has 0 amide bonds. The average Bonchev–Trinajstić information content (AvgIpc) is 1.97. The Morgan fingerprint density at radius 3 is 2.45 bits per heavy atom. The van der Waals surface area contributed by atoms with E-state index in [0.29, 0.717) is 0 Å². The van der Waals surface area contributed by atoms with E-state index in [-0.39, 0.29) is 5.78 Å². The molecule has 0 aliphatic heterocycles. The molecule has 0 radical (unpaired) electrons. The fraction of sp³-hybridized carbons (Fsp3) is 0.500. The molecule has 0 aliphatic rings. The van der Waals surface area contributed by atoms with Gasteiger partial charge in [0.2, 0.25) is 0 Å². The van der Waals surface area contributed by atoms with Gasteiger partial charge in [0, 0.05) is 0 Å². The van der Waals surface area contributed by atoms with Crippen LogP contribution in [0.3, 0.4) is 0 Å². The van der Waals surface area contributed by atoms with Gasteiger partial charge in [0.15, 0.2) is 5.78 Å². The quantitative estimate of drug-likeness (QED) is 0.336. The maximum Gasteiger partial charge on any atom is 0.155 e. The summed E-state index contributed by atoms with van der Waals surface area (Å²) < 4.78 is 0. The zero-order valence-electron chi connectivity index (χ0n) is 7.39. The molecule has 0 unspecified atom stereocenters. The fourth-order valence-electron chi connectivity index (χ4n) is 0.912. The Hall–Kier alpha value is -0.850. The van der Waals surface area contributed by atoms with Crippen LogP contribution in [-0.2, 0) is 4.79 Å². The molecule has 11 heavy (non-hydrogen) atoms. The molecule has 0 saturated heterocycles. The minimum atomic E-state index is 0.191. The van der Waals surface area contributed by atoms with Crippen molar-refractivity contribution in [2.75, 3.05) is 0 Å². The number of allylic oxidation sites excluding steroid dienone is 3. The number of carbonyl (C=O) groups excluding carboxylic acids is 1. The summed E-state index contributed by atoms with van der Waals surface area (Å²) in [5, 5.41) is 0. The number of unbranched alkanes of at least 4 members (excludes halogenated alkanes) is 1. The summed E-state index contributed by atoms with van der Waals surface area (Å²) in [6.45, 7) is 7.23. The number of carbonyl (C=O) groups is 1. The molecule has 0 N–H and O–H groups in total. The molecule has 62 valence electrons. The van der Waals surface area contributed by atoms with Gasteiger partial charge in [-0.1, -0.05) is 19.1 Å². The molecule has 0 heterocycles. The predicted octanol–water partition coefficient (Wildman–Crippen LogP) is 2.88. The van der Waals surface area contributed by atoms with E-state index in [1.165, 1.54) is 0 Å². The third-order valence-electron chi connectivity index (χ3n) is 1.59. The van der Waals surface area contributed by atoms with Crippen molar-refractivity contribution in [2.24, 2.45) is 0 Å². The van der Waals surface area contributed by atoms with Crippen LogP contribution < -0.4 is 0 Å². The van der Waals surface area contributed by atoms with Crippen LogP contribution in [0, 0.1) is 0 Å². The third kappa shape index (κ3) is 4.54. The van der Waals surface area contributed by atoms with Crippen LogP contribution in [-0.4, -0.2) is 5.78 Å². The Morgan fingerprint density at radius 1 is 1.45 bits per heavy atom. The molecule has 0 fully saturated rings. The lowest BCUT2D eigenvalue weighted by Crippen LogP contribution is -1.94. The normalized spacial score (nSPS) is 11.3. The van der Waals surface area contributed by atoms with Crippen LogP contribution in [0.15, 0.2) is 24.3 Å². The van der Waals surface area contributed by atoms with E-state index in [4.69, 9.17) is 0 Å². The van der Waals surface area contributed by atoms with Gasteiger partial charge in [0.1, 0.15) is 0 Å². The standard InChI is InChI=1S/C10H16O/c1-4-6-7-8-10(5-2)9(3)11/h4,8H,1,5-7H2,2-3H3. The van der Waals surface area contributed by atoms with Gasteiger partial charge in [-0.05, 0) is 31.8 Å². The number of Topliss-reactive ketones (excluding diaryl/α,β-unsaturated/α-hetero) is 1. The lowest BCUT2D eigenvalue weighted by molar-refractivity contribution is -0.113. The van der Waals surface area contributed by atoms with Crippen molar-refractivity contribution in [3.05, 3.63) is 24.3 Å². The number of rotatable bonds is 5. The van der Waals surface area contributed by atoms with E-state index in [1.54, 1.807) is 6.92 Å². The molecule has 0 bridgehead atoms. The second kappa shape index (κ2) is 5.90. The van der Waals surface area contributed by atoms with E-state index >= 15 is 0 Å². The van der Waals surface area contributed by atoms with E-state index in [2.05, 4.69) is 6.58 Å². The first kappa shape index (κ1) is 10.2. The van der Waals surface area contributed by atoms with Crippen molar-refractivity contribution in [2.45, 2.75) is 33.1 Å². The van der Waals surface area contributed by atoms with E-state index in [0.717, 1.165) is 24.8 Å². The van der Waals surface area contributed by atoms with Crippen LogP contribution in [0.5, 0.6) is 0 Å². The van der Waals surface area contributed by atoms with E-state index < -0.39 is 0 Å². The Labute approximate surface area is 68.8 Å². The molecular formula is C10H16O. The monoisotopic (exact) mass is 152 g/mol. The van der Waals surface area contributed by atoms with Crippen molar-refractivity contribution >= 4 is 5.78 Å². The molecule has 0 aromatic heterocycles. The van der Waals surface area contributed by atoms with Gasteiger partial charge in [-0.25, -0.2) is 0 Å². The summed E-state index contributed by atoms with van der Waals surface area (Å²) in [6, 6.07) is 0. The second-order valence-corrected chi connectivity index (χ2v) is 2.51. The first-order valence-electron chi connectivity index (χ1n) is 4.03. The molecule has 0 aliphatic carbocycles. The van der Waals surface area contributed by atoms with Crippen molar-refractivity contribution < 1.29 is 4.79 Å². The van der Waals surface area contributed by atoms with Crippen molar-refractivity contribution in [1.29, 1.82) is 0 Å². The van der Waals surface area contributed by atoms with Crippen LogP contribution in [0.4, 0.5) is 0 Å². The van der Waals surface area contributed by atoms with Crippen molar-refractivity contribution in [3.63, 3.8) is 0 Å². The Balaban J connectivity index is 3.90. The Morgan fingerprint density at radius 2 is 2.09 bits per heavy atom. The van der Waals surface area contributed by atoms with Gasteiger partial charge in [0.25, 0.3) is 0 Å². The highest BCUT2D eigenvalue weighted by atomic mass is 16.1. The second-order valence-electron chi connectivity index (χ2n) is 2.51. The summed E-state index contributed by atoms with van der Waals surface area (Å²) in [5.41, 5.74) is 0.937. The zero-order chi connectivity index (χ0) is 8.69. The SMILES string of the molecule is C=CCCC=C(CC)C(C)=O. The molecule has 0 saturated carbocycles. The third-order valence-corrected chi connectivity index (χ3v) is 1.59. The zero-order valence-corrected chi connectivity index (χ0v) is 7.39. The van der Waals surface area contributed by atoms with Gasteiger partial charge in [0.05, 0.1) is 0 Å². The van der Waals surface area contributed by atoms with Gasteiger partial charge < -0.3 is 0 Å². The molecular weight excluding hydrogens is 136 g/mol. The van der Waals surface area contributed by atoms with Gasteiger partial charge in [-0.15, -0.1) is 6.58 Å². The Kier molecular flexibility index (Phi) is 5.44. The molecule has 0 aromatic carbocycles. The maximum atomic E-state index is 10.9.